The first-order chi connectivity index (χ1) is 8.29. The monoisotopic (exact) mass is 235 g/mol. The topological polar surface area (TPSA) is 48.4 Å². The lowest BCUT2D eigenvalue weighted by Crippen LogP contribution is -2.28. The smallest absolute Gasteiger partial charge is 0.308 e. The van der Waals surface area contributed by atoms with Crippen LogP contribution in [0.4, 0.5) is 0 Å². The van der Waals surface area contributed by atoms with Crippen molar-refractivity contribution < 1.29 is 14.3 Å². The van der Waals surface area contributed by atoms with Gasteiger partial charge in [0.05, 0.1) is 13.0 Å². The number of carbonyl (C=O) groups excluding carboxylic acids is 1. The van der Waals surface area contributed by atoms with Crippen molar-refractivity contribution in [2.24, 2.45) is 5.92 Å². The fourth-order valence-corrected chi connectivity index (χ4v) is 2.17. The molecule has 0 N–H and O–H groups in total. The van der Waals surface area contributed by atoms with E-state index >= 15 is 0 Å². The molecule has 0 unspecified atom stereocenters. The minimum absolute atomic E-state index is 0.0450. The number of aromatic nitrogens is 1. The maximum atomic E-state index is 11.4. The molecular formula is C13H17NO3. The van der Waals surface area contributed by atoms with Crippen LogP contribution in [0.3, 0.4) is 0 Å². The number of esters is 1. The Bertz CT molecular complexity index is 358. The van der Waals surface area contributed by atoms with Gasteiger partial charge in [0.1, 0.15) is 6.10 Å². The third-order valence-electron chi connectivity index (χ3n) is 3.13. The molecule has 1 aliphatic rings. The van der Waals surface area contributed by atoms with Gasteiger partial charge in [0, 0.05) is 12.3 Å². The van der Waals surface area contributed by atoms with Crippen molar-refractivity contribution in [3.63, 3.8) is 0 Å². The molecule has 0 aliphatic heterocycles. The Morgan fingerprint density at radius 2 is 2.06 bits per heavy atom. The average Bonchev–Trinajstić information content (AvgIpc) is 2.40. The first-order valence-electron chi connectivity index (χ1n) is 5.95. The van der Waals surface area contributed by atoms with Gasteiger partial charge in [0.25, 0.3) is 0 Å². The molecule has 0 amide bonds. The number of hydrogen-bond donors (Lipinski definition) is 0. The molecule has 1 fully saturated rings. The summed E-state index contributed by atoms with van der Waals surface area (Å²) in [4.78, 5) is 15.5. The number of ether oxygens (including phenoxy) is 2. The zero-order valence-electron chi connectivity index (χ0n) is 9.96. The summed E-state index contributed by atoms with van der Waals surface area (Å²) in [5.41, 5.74) is 0. The van der Waals surface area contributed by atoms with Crippen LogP contribution in [0.1, 0.15) is 25.7 Å². The van der Waals surface area contributed by atoms with Crippen LogP contribution in [0.2, 0.25) is 0 Å². The van der Waals surface area contributed by atoms with Gasteiger partial charge in [-0.15, -0.1) is 0 Å². The molecule has 4 heteroatoms. The van der Waals surface area contributed by atoms with Gasteiger partial charge in [-0.25, -0.2) is 4.98 Å². The molecule has 0 radical (unpaired) electrons. The second-order valence-corrected chi connectivity index (χ2v) is 4.28. The van der Waals surface area contributed by atoms with E-state index in [1.54, 1.807) is 6.20 Å². The maximum absolute atomic E-state index is 11.4. The second kappa shape index (κ2) is 5.66. The molecule has 0 spiro atoms. The summed E-state index contributed by atoms with van der Waals surface area (Å²) in [7, 11) is 1.44. The van der Waals surface area contributed by atoms with Gasteiger partial charge in [0.2, 0.25) is 5.88 Å². The Labute approximate surface area is 101 Å². The maximum Gasteiger partial charge on any atom is 0.308 e. The highest BCUT2D eigenvalue weighted by Gasteiger charge is 2.27. The van der Waals surface area contributed by atoms with E-state index in [0.717, 1.165) is 25.7 Å². The molecule has 1 aromatic rings. The Hall–Kier alpha value is -1.58. The van der Waals surface area contributed by atoms with E-state index in [9.17, 15) is 4.79 Å². The predicted molar refractivity (Wildman–Crippen MR) is 62.6 cm³/mol. The SMILES string of the molecule is COC(=O)C1CCC(Oc2ccccn2)CC1. The van der Waals surface area contributed by atoms with E-state index in [1.807, 2.05) is 18.2 Å². The van der Waals surface area contributed by atoms with Crippen molar-refractivity contribution in [2.75, 3.05) is 7.11 Å². The molecule has 1 aromatic heterocycles. The lowest BCUT2D eigenvalue weighted by atomic mass is 9.87. The molecule has 1 heterocycles. The minimum atomic E-state index is -0.0960. The van der Waals surface area contributed by atoms with Crippen LogP contribution >= 0.6 is 0 Å². The Kier molecular flexibility index (Phi) is 3.96. The van der Waals surface area contributed by atoms with Crippen LogP contribution in [0.25, 0.3) is 0 Å². The number of nitrogens with zero attached hydrogens (tertiary/aromatic N) is 1. The van der Waals surface area contributed by atoms with E-state index in [0.29, 0.717) is 5.88 Å². The highest BCUT2D eigenvalue weighted by atomic mass is 16.5. The van der Waals surface area contributed by atoms with Crippen LogP contribution in [-0.4, -0.2) is 24.2 Å². The van der Waals surface area contributed by atoms with Crippen LogP contribution in [0.5, 0.6) is 5.88 Å². The fourth-order valence-electron chi connectivity index (χ4n) is 2.17. The van der Waals surface area contributed by atoms with Crippen LogP contribution in [0, 0.1) is 5.92 Å². The average molecular weight is 235 g/mol. The normalized spacial score (nSPS) is 24.1. The quantitative estimate of drug-likeness (QED) is 0.753. The van der Waals surface area contributed by atoms with E-state index < -0.39 is 0 Å². The van der Waals surface area contributed by atoms with Gasteiger partial charge >= 0.3 is 5.97 Å². The predicted octanol–water partition coefficient (Wildman–Crippen LogP) is 2.19. The second-order valence-electron chi connectivity index (χ2n) is 4.28. The lowest BCUT2D eigenvalue weighted by molar-refractivity contribution is -0.147. The summed E-state index contributed by atoms with van der Waals surface area (Å²) in [6.45, 7) is 0. The summed E-state index contributed by atoms with van der Waals surface area (Å²) in [6, 6.07) is 5.62. The summed E-state index contributed by atoms with van der Waals surface area (Å²) < 4.78 is 10.5. The first kappa shape index (κ1) is 11.9. The van der Waals surface area contributed by atoms with Crippen LogP contribution in [-0.2, 0) is 9.53 Å². The summed E-state index contributed by atoms with van der Waals surface area (Å²) in [5, 5.41) is 0. The van der Waals surface area contributed by atoms with Gasteiger partial charge < -0.3 is 9.47 Å². The molecule has 0 atom stereocenters. The molecule has 0 aromatic carbocycles. The van der Waals surface area contributed by atoms with Crippen LogP contribution < -0.4 is 4.74 Å². The highest BCUT2D eigenvalue weighted by Crippen LogP contribution is 2.27. The van der Waals surface area contributed by atoms with Crippen molar-refractivity contribution >= 4 is 5.97 Å². The van der Waals surface area contributed by atoms with Gasteiger partial charge in [-0.2, -0.15) is 0 Å². The van der Waals surface area contributed by atoms with E-state index in [2.05, 4.69) is 4.98 Å². The fraction of sp³-hybridized carbons (Fsp3) is 0.538. The number of carbonyl (C=O) groups is 1. The van der Waals surface area contributed by atoms with E-state index in [-0.39, 0.29) is 18.0 Å². The Morgan fingerprint density at radius 1 is 1.29 bits per heavy atom. The number of hydrogen-bond acceptors (Lipinski definition) is 4. The number of methoxy groups -OCH3 is 1. The van der Waals surface area contributed by atoms with Gasteiger partial charge in [0.15, 0.2) is 0 Å². The first-order valence-corrected chi connectivity index (χ1v) is 5.95. The molecule has 17 heavy (non-hydrogen) atoms. The van der Waals surface area contributed by atoms with Gasteiger partial charge in [-0.1, -0.05) is 6.07 Å². The zero-order valence-corrected chi connectivity index (χ0v) is 9.96. The molecule has 2 rings (SSSR count). The molecule has 0 saturated heterocycles. The molecule has 1 aliphatic carbocycles. The molecule has 1 saturated carbocycles. The van der Waals surface area contributed by atoms with Crippen molar-refractivity contribution in [2.45, 2.75) is 31.8 Å². The highest BCUT2D eigenvalue weighted by molar-refractivity contribution is 5.72. The van der Waals surface area contributed by atoms with Crippen molar-refractivity contribution in [3.05, 3.63) is 24.4 Å². The summed E-state index contributed by atoms with van der Waals surface area (Å²) in [5.74, 6) is 0.610. The number of rotatable bonds is 3. The van der Waals surface area contributed by atoms with Crippen molar-refractivity contribution in [1.82, 2.24) is 4.98 Å². The van der Waals surface area contributed by atoms with Crippen molar-refractivity contribution in [1.29, 1.82) is 0 Å². The third kappa shape index (κ3) is 3.19. The summed E-state index contributed by atoms with van der Waals surface area (Å²) in [6.07, 6.45) is 5.34. The van der Waals surface area contributed by atoms with E-state index in [1.165, 1.54) is 7.11 Å². The molecule has 92 valence electrons. The molecule has 4 nitrogen and oxygen atoms in total. The van der Waals surface area contributed by atoms with Gasteiger partial charge in [-0.05, 0) is 31.7 Å². The lowest BCUT2D eigenvalue weighted by Gasteiger charge is -2.26. The third-order valence-corrected chi connectivity index (χ3v) is 3.13. The largest absolute Gasteiger partial charge is 0.474 e. The van der Waals surface area contributed by atoms with Crippen molar-refractivity contribution in [3.8, 4) is 5.88 Å². The standard InChI is InChI=1S/C13H17NO3/c1-16-13(15)10-5-7-11(8-6-10)17-12-4-2-3-9-14-12/h2-4,9-11H,5-8H2,1H3. The van der Waals surface area contributed by atoms with E-state index in [4.69, 9.17) is 9.47 Å². The molecule has 0 bridgehead atoms. The summed E-state index contributed by atoms with van der Waals surface area (Å²) >= 11 is 0. The van der Waals surface area contributed by atoms with Gasteiger partial charge in [-0.3, -0.25) is 4.79 Å². The number of pyridine rings is 1. The minimum Gasteiger partial charge on any atom is -0.474 e. The zero-order chi connectivity index (χ0) is 12.1. The Balaban J connectivity index is 1.82. The molecular weight excluding hydrogens is 218 g/mol. The Morgan fingerprint density at radius 3 is 2.65 bits per heavy atom. The van der Waals surface area contributed by atoms with Crippen LogP contribution in [0.15, 0.2) is 24.4 Å².